The van der Waals surface area contributed by atoms with Crippen molar-refractivity contribution in [3.63, 3.8) is 0 Å². The minimum absolute atomic E-state index is 0.271. The summed E-state index contributed by atoms with van der Waals surface area (Å²) in [6, 6.07) is 0. The molecule has 0 rings (SSSR count). The standard InChI is InChI=1S/CHBr3/c2-1(3)4/h1H/i1+1. The Kier molecular flexibility index (Phi) is 3.62. The minimum Gasteiger partial charge on any atom is -0.0637 e. The van der Waals surface area contributed by atoms with Crippen LogP contribution in [0.1, 0.15) is 0 Å². The molecule has 0 amide bonds. The first-order chi connectivity index (χ1) is 1.73. The predicted octanol–water partition coefficient (Wildman–Crippen LogP) is 2.45. The third-order valence-electron chi connectivity index (χ3n) is 0. The Morgan fingerprint density at radius 3 is 1.00 bits per heavy atom. The molecule has 0 aliphatic rings. The SMILES string of the molecule is Br[13CH](Br)Br. The Morgan fingerprint density at radius 2 is 1.00 bits per heavy atom. The van der Waals surface area contributed by atoms with Gasteiger partial charge >= 0.3 is 0 Å². The van der Waals surface area contributed by atoms with Gasteiger partial charge in [-0.05, 0) is 0 Å². The first-order valence-corrected chi connectivity index (χ1v) is 3.40. The van der Waals surface area contributed by atoms with Gasteiger partial charge in [-0.3, -0.25) is 0 Å². The van der Waals surface area contributed by atoms with Crippen LogP contribution in [-0.4, -0.2) is 2.65 Å². The third kappa shape index (κ3) is 9.88. The van der Waals surface area contributed by atoms with E-state index in [1.807, 2.05) is 0 Å². The maximum absolute atomic E-state index is 3.10. The van der Waals surface area contributed by atoms with E-state index in [0.717, 1.165) is 0 Å². The zero-order valence-corrected chi connectivity index (χ0v) is 6.47. The molecule has 0 aromatic rings. The van der Waals surface area contributed by atoms with Crippen molar-refractivity contribution in [3.8, 4) is 0 Å². The molecule has 0 N–H and O–H groups in total. The molecule has 0 aliphatic heterocycles. The average molecular weight is 254 g/mol. The molecule has 0 spiro atoms. The molecule has 0 atom stereocenters. The molecule has 26 valence electrons. The van der Waals surface area contributed by atoms with Crippen LogP contribution < -0.4 is 0 Å². The van der Waals surface area contributed by atoms with Crippen molar-refractivity contribution in [1.82, 2.24) is 0 Å². The van der Waals surface area contributed by atoms with E-state index >= 15 is 0 Å². The van der Waals surface area contributed by atoms with E-state index in [9.17, 15) is 0 Å². The van der Waals surface area contributed by atoms with Crippen molar-refractivity contribution in [2.75, 3.05) is 0 Å². The van der Waals surface area contributed by atoms with E-state index in [2.05, 4.69) is 47.8 Å². The van der Waals surface area contributed by atoms with Gasteiger partial charge in [-0.15, -0.1) is 0 Å². The van der Waals surface area contributed by atoms with Gasteiger partial charge in [-0.2, -0.15) is 0 Å². The van der Waals surface area contributed by atoms with Crippen molar-refractivity contribution >= 4 is 47.8 Å². The topological polar surface area (TPSA) is 0 Å². The molecule has 0 aromatic carbocycles. The van der Waals surface area contributed by atoms with Crippen LogP contribution in [0.15, 0.2) is 0 Å². The van der Waals surface area contributed by atoms with Crippen LogP contribution >= 0.6 is 47.8 Å². The fourth-order valence-corrected chi connectivity index (χ4v) is 0. The molecule has 4 heavy (non-hydrogen) atoms. The largest absolute Gasteiger partial charge is 0.124 e. The number of rotatable bonds is 0. The van der Waals surface area contributed by atoms with Crippen LogP contribution in [0.4, 0.5) is 0 Å². The van der Waals surface area contributed by atoms with Crippen molar-refractivity contribution in [2.24, 2.45) is 0 Å². The first-order valence-electron chi connectivity index (χ1n) is 0.655. The lowest BCUT2D eigenvalue weighted by molar-refractivity contribution is 2.28. The van der Waals surface area contributed by atoms with Crippen LogP contribution in [0.3, 0.4) is 0 Å². The van der Waals surface area contributed by atoms with Gasteiger partial charge in [-0.1, -0.05) is 47.8 Å². The van der Waals surface area contributed by atoms with Crippen LogP contribution in [0.5, 0.6) is 0 Å². The van der Waals surface area contributed by atoms with Crippen molar-refractivity contribution < 1.29 is 0 Å². The van der Waals surface area contributed by atoms with Gasteiger partial charge in [0.2, 0.25) is 0 Å². The van der Waals surface area contributed by atoms with Crippen molar-refractivity contribution in [2.45, 2.75) is 2.65 Å². The summed E-state index contributed by atoms with van der Waals surface area (Å²) in [5, 5.41) is 0. The summed E-state index contributed by atoms with van der Waals surface area (Å²) < 4.78 is 0.271. The van der Waals surface area contributed by atoms with Crippen LogP contribution in [-0.2, 0) is 0 Å². The summed E-state index contributed by atoms with van der Waals surface area (Å²) in [6.07, 6.45) is 0. The zero-order chi connectivity index (χ0) is 3.58. The molecule has 0 saturated heterocycles. The van der Waals surface area contributed by atoms with Gasteiger partial charge in [0.05, 0.1) is 0 Å². The fourth-order valence-electron chi connectivity index (χ4n) is 0. The lowest BCUT2D eigenvalue weighted by atomic mass is 13.0. The Balaban J connectivity index is 2.32. The smallest absolute Gasteiger partial charge is 0.0637 e. The molecule has 0 fully saturated rings. The summed E-state index contributed by atoms with van der Waals surface area (Å²) in [5.74, 6) is 0. The Labute approximate surface area is 50.3 Å². The predicted molar refractivity (Wildman–Crippen MR) is 30.6 cm³/mol. The summed E-state index contributed by atoms with van der Waals surface area (Å²) in [4.78, 5) is 0. The molecule has 0 bridgehead atoms. The molecule has 0 aromatic heterocycles. The van der Waals surface area contributed by atoms with Gasteiger partial charge in [0.25, 0.3) is 0 Å². The highest BCUT2D eigenvalue weighted by molar-refractivity contribution is 9.38. The second-order valence-electron chi connectivity index (χ2n) is 0.247. The van der Waals surface area contributed by atoms with Gasteiger partial charge in [0, 0.05) is 0 Å². The molecule has 0 heterocycles. The summed E-state index contributed by atoms with van der Waals surface area (Å²) in [7, 11) is 0. The molecule has 3 heteroatoms. The van der Waals surface area contributed by atoms with Crippen molar-refractivity contribution in [1.29, 1.82) is 0 Å². The van der Waals surface area contributed by atoms with E-state index in [1.54, 1.807) is 0 Å². The van der Waals surface area contributed by atoms with Gasteiger partial charge in [-0.25, -0.2) is 0 Å². The van der Waals surface area contributed by atoms with Crippen molar-refractivity contribution in [3.05, 3.63) is 0 Å². The van der Waals surface area contributed by atoms with Crippen LogP contribution in [0, 0.1) is 0 Å². The highest BCUT2D eigenvalue weighted by Gasteiger charge is 1.77. The lowest BCUT2D eigenvalue weighted by Gasteiger charge is -1.70. The van der Waals surface area contributed by atoms with E-state index in [0.29, 0.717) is 0 Å². The van der Waals surface area contributed by atoms with Crippen LogP contribution in [0.25, 0.3) is 0 Å². The van der Waals surface area contributed by atoms with Gasteiger partial charge < -0.3 is 0 Å². The molecule has 0 aliphatic carbocycles. The first kappa shape index (κ1) is 5.44. The lowest BCUT2D eigenvalue weighted by Crippen LogP contribution is -1.49. The molecule has 0 saturated carbocycles. The quantitative estimate of drug-likeness (QED) is 0.460. The van der Waals surface area contributed by atoms with E-state index in [-0.39, 0.29) is 2.65 Å². The maximum Gasteiger partial charge on any atom is 0.124 e. The second-order valence-corrected chi connectivity index (χ2v) is 6.68. The summed E-state index contributed by atoms with van der Waals surface area (Å²) in [5.41, 5.74) is 0. The Bertz CT molecular complexity index is 8.00. The third-order valence-corrected chi connectivity index (χ3v) is 0. The minimum atomic E-state index is 0.271. The number of halogens is 3. The monoisotopic (exact) mass is 251 g/mol. The van der Waals surface area contributed by atoms with Crippen LogP contribution in [0.2, 0.25) is 0 Å². The molecule has 0 radical (unpaired) electrons. The fraction of sp³-hybridized carbons (Fsp3) is 1.00. The maximum atomic E-state index is 3.10. The number of alkyl halides is 3. The molecular formula is CHBr3. The average Bonchev–Trinajstić information content (AvgIpc) is 0.811. The number of hydrogen-bond donors (Lipinski definition) is 0. The van der Waals surface area contributed by atoms with Gasteiger partial charge in [0.15, 0.2) is 0 Å². The highest BCUT2D eigenvalue weighted by Crippen LogP contribution is 2.13. The second kappa shape index (κ2) is 2.67. The Hall–Kier alpha value is 1.44. The normalized spacial score (nSPS) is 9.00. The highest BCUT2D eigenvalue weighted by atomic mass is 80.0. The zero-order valence-electron chi connectivity index (χ0n) is 1.71. The molecule has 0 unspecified atom stereocenters. The summed E-state index contributed by atoms with van der Waals surface area (Å²) >= 11 is 9.31. The molecular weight excluding hydrogens is 253 g/mol. The Morgan fingerprint density at radius 1 is 1.00 bits per heavy atom. The van der Waals surface area contributed by atoms with E-state index in [4.69, 9.17) is 0 Å². The molecule has 0 nitrogen and oxygen atoms in total. The van der Waals surface area contributed by atoms with E-state index < -0.39 is 0 Å². The summed E-state index contributed by atoms with van der Waals surface area (Å²) in [6.45, 7) is 0. The van der Waals surface area contributed by atoms with E-state index in [1.165, 1.54) is 0 Å². The van der Waals surface area contributed by atoms with Gasteiger partial charge in [0.1, 0.15) is 2.65 Å². The number of hydrogen-bond acceptors (Lipinski definition) is 0.